The molecule has 2 aromatic carbocycles. The average molecular weight is 421 g/mol. The lowest BCUT2D eigenvalue weighted by molar-refractivity contribution is 0.208. The lowest BCUT2D eigenvalue weighted by Gasteiger charge is -2.35. The van der Waals surface area contributed by atoms with Gasteiger partial charge >= 0.3 is 6.03 Å². The van der Waals surface area contributed by atoms with Crippen LogP contribution < -0.4 is 19.9 Å². The zero-order valence-electron chi connectivity index (χ0n) is 18.1. The SMILES string of the molecule is COc1ccc(-c2cc(NC(=O)N3CCN(c4ccccc4)CC3)n[nH]2)cc1N(C)C. The van der Waals surface area contributed by atoms with Crippen molar-refractivity contribution in [2.24, 2.45) is 0 Å². The number of hydrogen-bond donors (Lipinski definition) is 2. The summed E-state index contributed by atoms with van der Waals surface area (Å²) in [5, 5.41) is 10.2. The van der Waals surface area contributed by atoms with Crippen molar-refractivity contribution in [3.63, 3.8) is 0 Å². The second kappa shape index (κ2) is 8.99. The maximum absolute atomic E-state index is 12.7. The standard InChI is InChI=1S/C23H28N6O2/c1-27(2)20-15-17(9-10-21(20)31-3)19-16-22(26-25-19)24-23(30)29-13-11-28(12-14-29)18-7-5-4-6-8-18/h4-10,15-16H,11-14H2,1-3H3,(H2,24,25,26,30). The molecule has 0 saturated carbocycles. The van der Waals surface area contributed by atoms with E-state index in [4.69, 9.17) is 4.74 Å². The van der Waals surface area contributed by atoms with E-state index in [1.807, 2.05) is 66.4 Å². The lowest BCUT2D eigenvalue weighted by Crippen LogP contribution is -2.50. The number of nitrogens with zero attached hydrogens (tertiary/aromatic N) is 4. The van der Waals surface area contributed by atoms with Crippen molar-refractivity contribution in [1.29, 1.82) is 0 Å². The Kier molecular flexibility index (Phi) is 5.97. The number of amides is 2. The monoisotopic (exact) mass is 420 g/mol. The van der Waals surface area contributed by atoms with Gasteiger partial charge in [-0.15, -0.1) is 0 Å². The quantitative estimate of drug-likeness (QED) is 0.661. The summed E-state index contributed by atoms with van der Waals surface area (Å²) in [5.41, 5.74) is 3.96. The first-order chi connectivity index (χ1) is 15.0. The molecule has 0 aliphatic carbocycles. The summed E-state index contributed by atoms with van der Waals surface area (Å²) in [6.45, 7) is 2.95. The van der Waals surface area contributed by atoms with Gasteiger partial charge in [-0.25, -0.2) is 4.79 Å². The van der Waals surface area contributed by atoms with Gasteiger partial charge in [-0.1, -0.05) is 18.2 Å². The number of aromatic nitrogens is 2. The van der Waals surface area contributed by atoms with Gasteiger partial charge in [0, 0.05) is 57.6 Å². The number of piperazine rings is 1. The molecule has 1 saturated heterocycles. The first-order valence-corrected chi connectivity index (χ1v) is 10.3. The minimum atomic E-state index is -0.130. The summed E-state index contributed by atoms with van der Waals surface area (Å²) in [4.78, 5) is 18.8. The van der Waals surface area contributed by atoms with Crippen LogP contribution in [-0.2, 0) is 0 Å². The van der Waals surface area contributed by atoms with Gasteiger partial charge in [0.25, 0.3) is 0 Å². The van der Waals surface area contributed by atoms with E-state index in [9.17, 15) is 4.79 Å². The highest BCUT2D eigenvalue weighted by atomic mass is 16.5. The van der Waals surface area contributed by atoms with Crippen LogP contribution in [0.5, 0.6) is 5.75 Å². The number of nitrogens with one attached hydrogen (secondary N) is 2. The highest BCUT2D eigenvalue weighted by molar-refractivity contribution is 5.89. The van der Waals surface area contributed by atoms with Crippen molar-refractivity contribution in [1.82, 2.24) is 15.1 Å². The van der Waals surface area contributed by atoms with Crippen LogP contribution in [0.3, 0.4) is 0 Å². The van der Waals surface area contributed by atoms with Gasteiger partial charge in [-0.2, -0.15) is 5.10 Å². The summed E-state index contributed by atoms with van der Waals surface area (Å²) >= 11 is 0. The van der Waals surface area contributed by atoms with E-state index in [1.54, 1.807) is 7.11 Å². The maximum Gasteiger partial charge on any atom is 0.323 e. The normalized spacial score (nSPS) is 13.8. The number of aromatic amines is 1. The minimum absolute atomic E-state index is 0.130. The molecule has 2 heterocycles. The van der Waals surface area contributed by atoms with Gasteiger partial charge < -0.3 is 19.4 Å². The molecule has 3 aromatic rings. The molecular formula is C23H28N6O2. The van der Waals surface area contributed by atoms with Gasteiger partial charge in [-0.05, 0) is 30.3 Å². The average Bonchev–Trinajstić information content (AvgIpc) is 3.27. The van der Waals surface area contributed by atoms with E-state index in [0.29, 0.717) is 18.9 Å². The number of benzene rings is 2. The van der Waals surface area contributed by atoms with E-state index in [2.05, 4.69) is 32.5 Å². The van der Waals surface area contributed by atoms with Crippen molar-refractivity contribution in [3.05, 3.63) is 54.6 Å². The third kappa shape index (κ3) is 4.58. The summed E-state index contributed by atoms with van der Waals surface area (Å²) in [5.74, 6) is 1.31. The molecule has 0 bridgehead atoms. The molecule has 1 aliphatic rings. The van der Waals surface area contributed by atoms with Crippen molar-refractivity contribution < 1.29 is 9.53 Å². The lowest BCUT2D eigenvalue weighted by atomic mass is 10.1. The third-order valence-electron chi connectivity index (χ3n) is 5.47. The van der Waals surface area contributed by atoms with Gasteiger partial charge in [0.1, 0.15) is 5.75 Å². The minimum Gasteiger partial charge on any atom is -0.495 e. The zero-order valence-corrected chi connectivity index (χ0v) is 18.1. The molecule has 162 valence electrons. The molecule has 31 heavy (non-hydrogen) atoms. The van der Waals surface area contributed by atoms with Crippen LogP contribution in [0.4, 0.5) is 22.0 Å². The first kappa shape index (κ1) is 20.6. The van der Waals surface area contributed by atoms with Crippen LogP contribution in [0.1, 0.15) is 0 Å². The molecule has 4 rings (SSSR count). The molecular weight excluding hydrogens is 392 g/mol. The van der Waals surface area contributed by atoms with Crippen LogP contribution in [0.15, 0.2) is 54.6 Å². The Morgan fingerprint density at radius 1 is 1.06 bits per heavy atom. The van der Waals surface area contributed by atoms with E-state index in [0.717, 1.165) is 35.8 Å². The van der Waals surface area contributed by atoms with Gasteiger partial charge in [0.05, 0.1) is 18.5 Å². The fraction of sp³-hybridized carbons (Fsp3) is 0.304. The van der Waals surface area contributed by atoms with E-state index in [1.165, 1.54) is 5.69 Å². The molecule has 1 aromatic heterocycles. The van der Waals surface area contributed by atoms with Crippen molar-refractivity contribution in [3.8, 4) is 17.0 Å². The molecule has 1 fully saturated rings. The largest absolute Gasteiger partial charge is 0.495 e. The molecule has 8 nitrogen and oxygen atoms in total. The second-order valence-electron chi connectivity index (χ2n) is 7.69. The van der Waals surface area contributed by atoms with Crippen LogP contribution in [0, 0.1) is 0 Å². The Morgan fingerprint density at radius 2 is 1.81 bits per heavy atom. The highest BCUT2D eigenvalue weighted by Gasteiger charge is 2.22. The smallest absolute Gasteiger partial charge is 0.323 e. The third-order valence-corrected chi connectivity index (χ3v) is 5.47. The molecule has 0 radical (unpaired) electrons. The van der Waals surface area contributed by atoms with Crippen LogP contribution in [0.25, 0.3) is 11.3 Å². The highest BCUT2D eigenvalue weighted by Crippen LogP contribution is 2.32. The Labute approximate surface area is 182 Å². The fourth-order valence-electron chi connectivity index (χ4n) is 3.74. The van der Waals surface area contributed by atoms with Crippen molar-refractivity contribution >= 4 is 23.2 Å². The Balaban J connectivity index is 1.38. The number of H-pyrrole nitrogens is 1. The maximum atomic E-state index is 12.7. The number of rotatable bonds is 5. The van der Waals surface area contributed by atoms with E-state index < -0.39 is 0 Å². The Morgan fingerprint density at radius 3 is 2.48 bits per heavy atom. The molecule has 0 spiro atoms. The topological polar surface area (TPSA) is 76.7 Å². The van der Waals surface area contributed by atoms with Crippen LogP contribution >= 0.6 is 0 Å². The predicted molar refractivity (Wildman–Crippen MR) is 124 cm³/mol. The number of para-hydroxylation sites is 1. The Bertz CT molecular complexity index is 1030. The van der Waals surface area contributed by atoms with Crippen LogP contribution in [-0.4, -0.2) is 68.5 Å². The van der Waals surface area contributed by atoms with Crippen molar-refractivity contribution in [2.75, 3.05) is 62.5 Å². The first-order valence-electron chi connectivity index (χ1n) is 10.3. The molecule has 8 heteroatoms. The van der Waals surface area contributed by atoms with Gasteiger partial charge in [0.15, 0.2) is 5.82 Å². The van der Waals surface area contributed by atoms with Gasteiger partial charge in [-0.3, -0.25) is 10.4 Å². The Hall–Kier alpha value is -3.68. The predicted octanol–water partition coefficient (Wildman–Crippen LogP) is 3.51. The number of hydrogen-bond acceptors (Lipinski definition) is 5. The second-order valence-corrected chi connectivity index (χ2v) is 7.69. The summed E-state index contributed by atoms with van der Waals surface area (Å²) in [7, 11) is 5.60. The van der Waals surface area contributed by atoms with E-state index >= 15 is 0 Å². The zero-order chi connectivity index (χ0) is 21.8. The number of urea groups is 1. The number of carbonyl (C=O) groups excluding carboxylic acids is 1. The summed E-state index contributed by atoms with van der Waals surface area (Å²) < 4.78 is 5.42. The number of methoxy groups -OCH3 is 1. The molecule has 0 unspecified atom stereocenters. The van der Waals surface area contributed by atoms with Gasteiger partial charge in [0.2, 0.25) is 0 Å². The van der Waals surface area contributed by atoms with Crippen molar-refractivity contribution in [2.45, 2.75) is 0 Å². The molecule has 2 N–H and O–H groups in total. The van der Waals surface area contributed by atoms with E-state index in [-0.39, 0.29) is 6.03 Å². The summed E-state index contributed by atoms with van der Waals surface area (Å²) in [6, 6.07) is 17.9. The van der Waals surface area contributed by atoms with Crippen LogP contribution in [0.2, 0.25) is 0 Å². The molecule has 0 atom stereocenters. The molecule has 1 aliphatic heterocycles. The molecule has 2 amide bonds. The number of carbonyl (C=O) groups is 1. The fourth-order valence-corrected chi connectivity index (χ4v) is 3.74. The number of anilines is 3. The number of ether oxygens (including phenoxy) is 1. The summed E-state index contributed by atoms with van der Waals surface area (Å²) in [6.07, 6.45) is 0.